The van der Waals surface area contributed by atoms with Crippen LogP contribution in [0.5, 0.6) is 0 Å². The number of unbranched alkanes of at least 4 members (excludes halogenated alkanes) is 12. The van der Waals surface area contributed by atoms with Crippen molar-refractivity contribution in [2.24, 2.45) is 0 Å². The second-order valence-electron chi connectivity index (χ2n) is 7.82. The zero-order chi connectivity index (χ0) is 19.7. The van der Waals surface area contributed by atoms with Crippen molar-refractivity contribution in [1.82, 2.24) is 0 Å². The standard InChI is InChI=1S/C22H42O5/c1-2-3-4-5-6-7-8-9-10-11-12-13-14-15-16-26-17-20(24)22-21(25)19(23)18-27-22/h2,19-25H,1,3-18H2/t19-,20+,21-,22-/m0/s1. The maximum atomic E-state index is 9.93. The molecule has 160 valence electrons. The molecule has 5 nitrogen and oxygen atoms in total. The molecule has 0 bridgehead atoms. The summed E-state index contributed by atoms with van der Waals surface area (Å²) in [6.45, 7) is 4.58. The Morgan fingerprint density at radius 3 is 1.89 bits per heavy atom. The smallest absolute Gasteiger partial charge is 0.114 e. The van der Waals surface area contributed by atoms with E-state index in [1.807, 2.05) is 6.08 Å². The summed E-state index contributed by atoms with van der Waals surface area (Å²) in [6.07, 6.45) is 15.1. The van der Waals surface area contributed by atoms with Gasteiger partial charge in [0, 0.05) is 6.61 Å². The van der Waals surface area contributed by atoms with Gasteiger partial charge < -0.3 is 24.8 Å². The Balaban J connectivity index is 1.77. The maximum absolute atomic E-state index is 9.93. The Morgan fingerprint density at radius 1 is 0.889 bits per heavy atom. The third-order valence-corrected chi connectivity index (χ3v) is 5.31. The first-order chi connectivity index (χ1) is 13.2. The molecule has 3 N–H and O–H groups in total. The van der Waals surface area contributed by atoms with Gasteiger partial charge in [-0.15, -0.1) is 6.58 Å². The van der Waals surface area contributed by atoms with Crippen molar-refractivity contribution < 1.29 is 24.8 Å². The van der Waals surface area contributed by atoms with Gasteiger partial charge >= 0.3 is 0 Å². The van der Waals surface area contributed by atoms with Crippen molar-refractivity contribution in [3.05, 3.63) is 12.7 Å². The molecular formula is C22H42O5. The lowest BCUT2D eigenvalue weighted by Gasteiger charge is -2.20. The average Bonchev–Trinajstić information content (AvgIpc) is 3.00. The number of aliphatic hydroxyl groups is 3. The lowest BCUT2D eigenvalue weighted by molar-refractivity contribution is -0.0813. The van der Waals surface area contributed by atoms with Gasteiger partial charge in [0.1, 0.15) is 24.4 Å². The van der Waals surface area contributed by atoms with Gasteiger partial charge in [-0.3, -0.25) is 0 Å². The SMILES string of the molecule is C=CCCCCCCCCCCCCCCOC[C@@H](O)[C@@H]1OC[C@H](O)[C@@H]1O. The molecule has 0 amide bonds. The van der Waals surface area contributed by atoms with E-state index in [1.54, 1.807) is 0 Å². The van der Waals surface area contributed by atoms with Crippen LogP contribution in [0.1, 0.15) is 83.5 Å². The lowest BCUT2D eigenvalue weighted by Crippen LogP contribution is -2.40. The molecule has 0 aromatic heterocycles. The van der Waals surface area contributed by atoms with E-state index in [-0.39, 0.29) is 13.2 Å². The van der Waals surface area contributed by atoms with E-state index >= 15 is 0 Å². The van der Waals surface area contributed by atoms with E-state index in [0.717, 1.165) is 19.3 Å². The second kappa shape index (κ2) is 16.5. The zero-order valence-corrected chi connectivity index (χ0v) is 17.1. The third-order valence-electron chi connectivity index (χ3n) is 5.31. The van der Waals surface area contributed by atoms with E-state index in [2.05, 4.69) is 6.58 Å². The molecule has 1 saturated heterocycles. The molecular weight excluding hydrogens is 344 g/mol. The van der Waals surface area contributed by atoms with E-state index < -0.39 is 24.4 Å². The zero-order valence-electron chi connectivity index (χ0n) is 17.1. The normalized spacial score (nSPS) is 23.6. The summed E-state index contributed by atoms with van der Waals surface area (Å²) in [5, 5.41) is 29.0. The predicted molar refractivity (Wildman–Crippen MR) is 109 cm³/mol. The fourth-order valence-electron chi connectivity index (χ4n) is 3.52. The Bertz CT molecular complexity index is 350. The summed E-state index contributed by atoms with van der Waals surface area (Å²) < 4.78 is 10.7. The van der Waals surface area contributed by atoms with E-state index in [0.29, 0.717) is 6.61 Å². The number of hydrogen-bond acceptors (Lipinski definition) is 5. The quantitative estimate of drug-likeness (QED) is 0.247. The summed E-state index contributed by atoms with van der Waals surface area (Å²) in [4.78, 5) is 0. The number of hydrogen-bond donors (Lipinski definition) is 3. The molecule has 1 heterocycles. The summed E-state index contributed by atoms with van der Waals surface area (Å²) in [5.74, 6) is 0. The number of ether oxygens (including phenoxy) is 2. The highest BCUT2D eigenvalue weighted by Crippen LogP contribution is 2.18. The number of rotatable bonds is 18. The van der Waals surface area contributed by atoms with Crippen molar-refractivity contribution in [2.45, 2.75) is 108 Å². The van der Waals surface area contributed by atoms with Gasteiger partial charge in [0.15, 0.2) is 0 Å². The van der Waals surface area contributed by atoms with Gasteiger partial charge in [-0.1, -0.05) is 70.3 Å². The van der Waals surface area contributed by atoms with Crippen molar-refractivity contribution in [3.63, 3.8) is 0 Å². The Hall–Kier alpha value is -0.460. The minimum atomic E-state index is -1.03. The highest BCUT2D eigenvalue weighted by atomic mass is 16.5. The van der Waals surface area contributed by atoms with Crippen LogP contribution in [0.4, 0.5) is 0 Å². The van der Waals surface area contributed by atoms with Gasteiger partial charge in [0.25, 0.3) is 0 Å². The van der Waals surface area contributed by atoms with Gasteiger partial charge in [0.2, 0.25) is 0 Å². The fraction of sp³-hybridized carbons (Fsp3) is 0.909. The van der Waals surface area contributed by atoms with Gasteiger partial charge in [-0.25, -0.2) is 0 Å². The van der Waals surface area contributed by atoms with Crippen molar-refractivity contribution in [1.29, 1.82) is 0 Å². The molecule has 27 heavy (non-hydrogen) atoms. The van der Waals surface area contributed by atoms with E-state index in [4.69, 9.17) is 9.47 Å². The fourth-order valence-corrected chi connectivity index (χ4v) is 3.52. The van der Waals surface area contributed by atoms with Crippen LogP contribution in [0, 0.1) is 0 Å². The summed E-state index contributed by atoms with van der Waals surface area (Å²) in [6, 6.07) is 0. The van der Waals surface area contributed by atoms with E-state index in [1.165, 1.54) is 64.2 Å². The van der Waals surface area contributed by atoms with Crippen LogP contribution < -0.4 is 0 Å². The molecule has 0 aromatic rings. The number of aliphatic hydroxyl groups excluding tert-OH is 3. The Labute approximate surface area is 165 Å². The molecule has 0 aliphatic carbocycles. The molecule has 1 aliphatic heterocycles. The number of allylic oxidation sites excluding steroid dienone is 1. The summed E-state index contributed by atoms with van der Waals surface area (Å²) in [5.41, 5.74) is 0. The predicted octanol–water partition coefficient (Wildman–Crippen LogP) is 3.74. The Kier molecular flexibility index (Phi) is 15.0. The molecule has 0 spiro atoms. The van der Waals surface area contributed by atoms with Crippen molar-refractivity contribution >= 4 is 0 Å². The largest absolute Gasteiger partial charge is 0.388 e. The van der Waals surface area contributed by atoms with Crippen molar-refractivity contribution in [3.8, 4) is 0 Å². The maximum Gasteiger partial charge on any atom is 0.114 e. The molecule has 0 aromatic carbocycles. The topological polar surface area (TPSA) is 79.2 Å². The van der Waals surface area contributed by atoms with Crippen LogP contribution in [-0.4, -0.2) is 59.6 Å². The monoisotopic (exact) mass is 386 g/mol. The average molecular weight is 387 g/mol. The minimum Gasteiger partial charge on any atom is -0.388 e. The van der Waals surface area contributed by atoms with Gasteiger partial charge in [-0.2, -0.15) is 0 Å². The van der Waals surface area contributed by atoms with Gasteiger partial charge in [0.05, 0.1) is 13.2 Å². The van der Waals surface area contributed by atoms with Crippen LogP contribution in [0.25, 0.3) is 0 Å². The third kappa shape index (κ3) is 11.9. The van der Waals surface area contributed by atoms with Crippen molar-refractivity contribution in [2.75, 3.05) is 19.8 Å². The molecule has 1 aliphatic rings. The molecule has 5 heteroatoms. The molecule has 0 saturated carbocycles. The summed E-state index contributed by atoms with van der Waals surface area (Å²) in [7, 11) is 0. The van der Waals surface area contributed by atoms with Crippen LogP contribution in [-0.2, 0) is 9.47 Å². The summed E-state index contributed by atoms with van der Waals surface area (Å²) >= 11 is 0. The first-order valence-corrected chi connectivity index (χ1v) is 11.0. The first-order valence-electron chi connectivity index (χ1n) is 11.0. The lowest BCUT2D eigenvalue weighted by atomic mass is 10.0. The van der Waals surface area contributed by atoms with Crippen LogP contribution in [0.3, 0.4) is 0 Å². The van der Waals surface area contributed by atoms with E-state index in [9.17, 15) is 15.3 Å². The first kappa shape index (κ1) is 24.6. The van der Waals surface area contributed by atoms with Crippen LogP contribution >= 0.6 is 0 Å². The molecule has 1 fully saturated rings. The second-order valence-corrected chi connectivity index (χ2v) is 7.82. The van der Waals surface area contributed by atoms with Gasteiger partial charge in [-0.05, 0) is 19.3 Å². The molecule has 0 unspecified atom stereocenters. The molecule has 1 rings (SSSR count). The molecule has 0 radical (unpaired) electrons. The van der Waals surface area contributed by atoms with Crippen LogP contribution in [0.15, 0.2) is 12.7 Å². The Morgan fingerprint density at radius 2 is 1.41 bits per heavy atom. The minimum absolute atomic E-state index is 0.0681. The van der Waals surface area contributed by atoms with Crippen LogP contribution in [0.2, 0.25) is 0 Å². The molecule has 4 atom stereocenters. The highest BCUT2D eigenvalue weighted by molar-refractivity contribution is 4.87. The highest BCUT2D eigenvalue weighted by Gasteiger charge is 2.39.